The number of halogens is 1. The van der Waals surface area contributed by atoms with Gasteiger partial charge >= 0.3 is 6.03 Å². The molecule has 3 amide bonds. The Kier molecular flexibility index (Phi) is 5.03. The molecule has 3 aliphatic rings. The molecule has 2 heterocycles. The summed E-state index contributed by atoms with van der Waals surface area (Å²) in [6.45, 7) is 5.79. The van der Waals surface area contributed by atoms with E-state index < -0.39 is 5.54 Å². The van der Waals surface area contributed by atoms with Crippen molar-refractivity contribution in [1.29, 1.82) is 0 Å². The Bertz CT molecular complexity index is 734. The summed E-state index contributed by atoms with van der Waals surface area (Å²) in [6.07, 6.45) is 3.90. The number of carbonyl (C=O) groups excluding carboxylic acids is 2. The summed E-state index contributed by atoms with van der Waals surface area (Å²) in [4.78, 5) is 31.5. The van der Waals surface area contributed by atoms with Crippen LogP contribution < -0.4 is 10.2 Å². The second-order valence-corrected chi connectivity index (χ2v) is 8.44. The number of nitrogens with zero attached hydrogens (tertiary/aromatic N) is 3. The van der Waals surface area contributed by atoms with Gasteiger partial charge in [-0.1, -0.05) is 37.4 Å². The van der Waals surface area contributed by atoms with Crippen LogP contribution in [-0.4, -0.2) is 60.1 Å². The number of nitrogens with one attached hydrogen (secondary N) is 1. The normalized spacial score (nSPS) is 29.5. The predicted molar refractivity (Wildman–Crippen MR) is 106 cm³/mol. The van der Waals surface area contributed by atoms with Crippen LogP contribution >= 0.6 is 11.6 Å². The molecule has 2 saturated heterocycles. The molecule has 27 heavy (non-hydrogen) atoms. The number of carbonyl (C=O) groups is 2. The van der Waals surface area contributed by atoms with Gasteiger partial charge in [0.25, 0.3) is 5.91 Å². The van der Waals surface area contributed by atoms with Crippen LogP contribution in [0, 0.1) is 5.92 Å². The van der Waals surface area contributed by atoms with Crippen molar-refractivity contribution >= 4 is 29.2 Å². The minimum Gasteiger partial charge on any atom is -0.369 e. The second kappa shape index (κ2) is 7.32. The van der Waals surface area contributed by atoms with E-state index in [1.54, 1.807) is 0 Å². The highest BCUT2D eigenvalue weighted by Crippen LogP contribution is 2.38. The second-order valence-electron chi connectivity index (χ2n) is 8.01. The Morgan fingerprint density at radius 3 is 2.67 bits per heavy atom. The summed E-state index contributed by atoms with van der Waals surface area (Å²) in [6, 6.07) is 7.64. The van der Waals surface area contributed by atoms with E-state index in [-0.39, 0.29) is 17.9 Å². The molecule has 1 aromatic rings. The fourth-order valence-corrected chi connectivity index (χ4v) is 4.83. The SMILES string of the molecule is CC1CCCCC12NC(=O)N(CN1CCN(c3cccc(Cl)c3)CC1)C2=O. The zero-order valence-corrected chi connectivity index (χ0v) is 16.5. The van der Waals surface area contributed by atoms with E-state index in [4.69, 9.17) is 11.6 Å². The minimum atomic E-state index is -0.669. The first-order chi connectivity index (χ1) is 13.0. The maximum Gasteiger partial charge on any atom is 0.326 e. The molecule has 1 spiro atoms. The lowest BCUT2D eigenvalue weighted by molar-refractivity contribution is -0.135. The average Bonchev–Trinajstić information content (AvgIpc) is 2.90. The number of imide groups is 1. The molecule has 2 aliphatic heterocycles. The molecule has 1 saturated carbocycles. The Morgan fingerprint density at radius 1 is 1.19 bits per heavy atom. The van der Waals surface area contributed by atoms with Crippen LogP contribution in [0.4, 0.5) is 10.5 Å². The summed E-state index contributed by atoms with van der Waals surface area (Å²) in [5, 5.41) is 3.77. The molecule has 3 fully saturated rings. The van der Waals surface area contributed by atoms with E-state index >= 15 is 0 Å². The molecule has 7 heteroatoms. The largest absolute Gasteiger partial charge is 0.369 e. The van der Waals surface area contributed by atoms with Crippen LogP contribution in [0.2, 0.25) is 5.02 Å². The molecular formula is C20H27ClN4O2. The van der Waals surface area contributed by atoms with Crippen molar-refractivity contribution in [3.63, 3.8) is 0 Å². The molecule has 1 aliphatic carbocycles. The zero-order chi connectivity index (χ0) is 19.0. The van der Waals surface area contributed by atoms with Gasteiger partial charge in [0, 0.05) is 36.9 Å². The third-order valence-corrected chi connectivity index (χ3v) is 6.62. The molecule has 0 aromatic heterocycles. The van der Waals surface area contributed by atoms with Gasteiger partial charge in [0.15, 0.2) is 0 Å². The molecule has 2 atom stereocenters. The average molecular weight is 391 g/mol. The van der Waals surface area contributed by atoms with Crippen molar-refractivity contribution in [2.24, 2.45) is 5.92 Å². The molecule has 1 N–H and O–H groups in total. The molecule has 1 aromatic carbocycles. The van der Waals surface area contributed by atoms with E-state index in [2.05, 4.69) is 28.1 Å². The van der Waals surface area contributed by atoms with E-state index in [1.807, 2.05) is 18.2 Å². The van der Waals surface area contributed by atoms with Crippen LogP contribution in [-0.2, 0) is 4.79 Å². The number of rotatable bonds is 3. The molecule has 146 valence electrons. The van der Waals surface area contributed by atoms with Crippen molar-refractivity contribution < 1.29 is 9.59 Å². The highest BCUT2D eigenvalue weighted by Gasteiger charge is 2.55. The van der Waals surface area contributed by atoms with E-state index in [0.29, 0.717) is 6.67 Å². The lowest BCUT2D eigenvalue weighted by Crippen LogP contribution is -2.55. The number of urea groups is 1. The van der Waals surface area contributed by atoms with Gasteiger partial charge < -0.3 is 10.2 Å². The minimum absolute atomic E-state index is 0.0306. The molecule has 6 nitrogen and oxygen atoms in total. The first kappa shape index (κ1) is 18.6. The van der Waals surface area contributed by atoms with E-state index in [9.17, 15) is 9.59 Å². The third-order valence-electron chi connectivity index (χ3n) is 6.39. The maximum atomic E-state index is 13.1. The van der Waals surface area contributed by atoms with E-state index in [1.165, 1.54) is 4.90 Å². The van der Waals surface area contributed by atoms with Crippen molar-refractivity contribution in [1.82, 2.24) is 15.1 Å². The van der Waals surface area contributed by atoms with E-state index in [0.717, 1.165) is 62.6 Å². The molecule has 0 radical (unpaired) electrons. The summed E-state index contributed by atoms with van der Waals surface area (Å²) in [5.74, 6) is 0.171. The number of hydrogen-bond acceptors (Lipinski definition) is 4. The van der Waals surface area contributed by atoms with Crippen LogP contribution in [0.3, 0.4) is 0 Å². The van der Waals surface area contributed by atoms with Gasteiger partial charge in [-0.3, -0.25) is 9.69 Å². The summed E-state index contributed by atoms with van der Waals surface area (Å²) >= 11 is 6.10. The fourth-order valence-electron chi connectivity index (χ4n) is 4.64. The Morgan fingerprint density at radius 2 is 1.96 bits per heavy atom. The fraction of sp³-hybridized carbons (Fsp3) is 0.600. The number of hydrogen-bond donors (Lipinski definition) is 1. The van der Waals surface area contributed by atoms with Crippen molar-refractivity contribution in [3.05, 3.63) is 29.3 Å². The van der Waals surface area contributed by atoms with Crippen molar-refractivity contribution in [3.8, 4) is 0 Å². The standard InChI is InChI=1S/C20H27ClN4O2/c1-15-5-2-3-8-20(15)18(26)25(19(27)22-20)14-23-9-11-24(12-10-23)17-7-4-6-16(21)13-17/h4,6-7,13,15H,2-3,5,8-12,14H2,1H3,(H,22,27). The van der Waals surface area contributed by atoms with Gasteiger partial charge in [-0.25, -0.2) is 9.69 Å². The summed E-state index contributed by atoms with van der Waals surface area (Å²) in [7, 11) is 0. The lowest BCUT2D eigenvalue weighted by atomic mass is 9.73. The highest BCUT2D eigenvalue weighted by molar-refractivity contribution is 6.30. The van der Waals surface area contributed by atoms with Crippen molar-refractivity contribution in [2.45, 2.75) is 38.1 Å². The Labute approximate surface area is 165 Å². The predicted octanol–water partition coefficient (Wildman–Crippen LogP) is 2.92. The smallest absolute Gasteiger partial charge is 0.326 e. The molecule has 4 rings (SSSR count). The van der Waals surface area contributed by atoms with Gasteiger partial charge in [0.05, 0.1) is 6.67 Å². The maximum absolute atomic E-state index is 13.1. The van der Waals surface area contributed by atoms with Crippen LogP contribution in [0.1, 0.15) is 32.6 Å². The molecule has 2 unspecified atom stereocenters. The first-order valence-electron chi connectivity index (χ1n) is 9.86. The quantitative estimate of drug-likeness (QED) is 0.806. The summed E-state index contributed by atoms with van der Waals surface area (Å²) in [5.41, 5.74) is 0.449. The molecular weight excluding hydrogens is 364 g/mol. The number of anilines is 1. The number of piperazine rings is 1. The monoisotopic (exact) mass is 390 g/mol. The number of benzene rings is 1. The number of amides is 3. The van der Waals surface area contributed by atoms with Gasteiger partial charge in [-0.15, -0.1) is 0 Å². The van der Waals surface area contributed by atoms with Gasteiger partial charge in [0.2, 0.25) is 0 Å². The Hall–Kier alpha value is -1.79. The summed E-state index contributed by atoms with van der Waals surface area (Å²) < 4.78 is 0. The van der Waals surface area contributed by atoms with Gasteiger partial charge in [0.1, 0.15) is 5.54 Å². The zero-order valence-electron chi connectivity index (χ0n) is 15.8. The van der Waals surface area contributed by atoms with Crippen LogP contribution in [0.25, 0.3) is 0 Å². The third kappa shape index (κ3) is 3.41. The molecule has 0 bridgehead atoms. The highest BCUT2D eigenvalue weighted by atomic mass is 35.5. The van der Waals surface area contributed by atoms with Crippen LogP contribution in [0.15, 0.2) is 24.3 Å². The lowest BCUT2D eigenvalue weighted by Gasteiger charge is -2.38. The van der Waals surface area contributed by atoms with Gasteiger partial charge in [-0.2, -0.15) is 0 Å². The van der Waals surface area contributed by atoms with Crippen molar-refractivity contribution in [2.75, 3.05) is 37.7 Å². The Balaban J connectivity index is 1.38. The topological polar surface area (TPSA) is 55.9 Å². The van der Waals surface area contributed by atoms with Crippen LogP contribution in [0.5, 0.6) is 0 Å². The first-order valence-corrected chi connectivity index (χ1v) is 10.2. The van der Waals surface area contributed by atoms with Gasteiger partial charge in [-0.05, 0) is 37.0 Å².